The van der Waals surface area contributed by atoms with Gasteiger partial charge in [0.15, 0.2) is 0 Å². The Labute approximate surface area is 188 Å². The van der Waals surface area contributed by atoms with Crippen molar-refractivity contribution >= 4 is 41.5 Å². The average Bonchev–Trinajstić information content (AvgIpc) is 2.64. The third-order valence-corrected chi connectivity index (χ3v) is 4.13. The molecule has 0 heterocycles. The molecule has 4 atom stereocenters. The number of carbonyl (C=O) groups excluding carboxylic acids is 5. The Morgan fingerprint density at radius 3 is 1.42 bits per heavy atom. The van der Waals surface area contributed by atoms with Gasteiger partial charge in [0.05, 0.1) is 25.3 Å². The third kappa shape index (κ3) is 12.0. The fourth-order valence-corrected chi connectivity index (χ4v) is 2.63. The summed E-state index contributed by atoms with van der Waals surface area (Å²) in [5, 5.41) is 24.0. The standard InChI is InChI=1S/C18H30N6O9/c1-7(2)3-8(19)15(29)22-9(4-12(20)25)16(30)23-10(5-13(21)26)17(31)24-11(18(32)33)6-14(27)28/h7-11H,3-6,19H2,1-2H3,(H2,20,25)(H2,21,26)(H,22,29)(H,23,30)(H,24,31)(H,27,28)(H,32,33). The first kappa shape index (κ1) is 29.2. The topological polar surface area (TPSA) is 274 Å². The summed E-state index contributed by atoms with van der Waals surface area (Å²) >= 11 is 0. The molecule has 0 aliphatic rings. The normalized spacial score (nSPS) is 14.3. The lowest BCUT2D eigenvalue weighted by Gasteiger charge is -2.24. The van der Waals surface area contributed by atoms with Crippen molar-refractivity contribution in [1.82, 2.24) is 16.0 Å². The van der Waals surface area contributed by atoms with E-state index in [9.17, 15) is 33.6 Å². The molecule has 33 heavy (non-hydrogen) atoms. The summed E-state index contributed by atoms with van der Waals surface area (Å²) in [5.41, 5.74) is 15.9. The predicted octanol–water partition coefficient (Wildman–Crippen LogP) is -3.88. The van der Waals surface area contributed by atoms with Crippen molar-refractivity contribution in [1.29, 1.82) is 0 Å². The maximum atomic E-state index is 12.6. The predicted molar refractivity (Wildman–Crippen MR) is 111 cm³/mol. The molecule has 11 N–H and O–H groups in total. The highest BCUT2D eigenvalue weighted by atomic mass is 16.4. The highest BCUT2D eigenvalue weighted by Crippen LogP contribution is 2.05. The maximum Gasteiger partial charge on any atom is 0.326 e. The van der Waals surface area contributed by atoms with Gasteiger partial charge in [0, 0.05) is 0 Å². The zero-order valence-electron chi connectivity index (χ0n) is 18.2. The van der Waals surface area contributed by atoms with E-state index in [0.29, 0.717) is 0 Å². The van der Waals surface area contributed by atoms with Crippen LogP contribution >= 0.6 is 0 Å². The fraction of sp³-hybridized carbons (Fsp3) is 0.611. The first-order chi connectivity index (χ1) is 15.1. The lowest BCUT2D eigenvalue weighted by Crippen LogP contribution is -2.58. The van der Waals surface area contributed by atoms with E-state index in [1.54, 1.807) is 0 Å². The summed E-state index contributed by atoms with van der Waals surface area (Å²) in [4.78, 5) is 81.9. The molecule has 0 radical (unpaired) electrons. The second kappa shape index (κ2) is 13.6. The minimum absolute atomic E-state index is 0.0470. The highest BCUT2D eigenvalue weighted by Gasteiger charge is 2.32. The number of carboxylic acid groups (broad SMARTS) is 2. The summed E-state index contributed by atoms with van der Waals surface area (Å²) in [7, 11) is 0. The van der Waals surface area contributed by atoms with Crippen LogP contribution in [0.5, 0.6) is 0 Å². The third-order valence-electron chi connectivity index (χ3n) is 4.13. The van der Waals surface area contributed by atoms with Crippen LogP contribution in [0.4, 0.5) is 0 Å². The van der Waals surface area contributed by atoms with Crippen LogP contribution in [-0.2, 0) is 33.6 Å². The fourth-order valence-electron chi connectivity index (χ4n) is 2.63. The van der Waals surface area contributed by atoms with E-state index < -0.39 is 84.9 Å². The molecular formula is C18H30N6O9. The molecule has 0 aromatic rings. The number of aliphatic carboxylic acids is 2. The zero-order chi connectivity index (χ0) is 25.9. The Hall–Kier alpha value is -3.75. The van der Waals surface area contributed by atoms with Gasteiger partial charge in [-0.05, 0) is 12.3 Å². The summed E-state index contributed by atoms with van der Waals surface area (Å²) in [6.45, 7) is 3.62. The number of carbonyl (C=O) groups is 7. The Bertz CT molecular complexity index is 785. The van der Waals surface area contributed by atoms with Crippen molar-refractivity contribution in [2.24, 2.45) is 23.1 Å². The summed E-state index contributed by atoms with van der Waals surface area (Å²) in [6.07, 6.45) is -2.18. The smallest absolute Gasteiger partial charge is 0.326 e. The summed E-state index contributed by atoms with van der Waals surface area (Å²) in [5.74, 6) is -8.29. The van der Waals surface area contributed by atoms with E-state index in [2.05, 4.69) is 10.6 Å². The zero-order valence-corrected chi connectivity index (χ0v) is 18.2. The van der Waals surface area contributed by atoms with Gasteiger partial charge in [-0.25, -0.2) is 4.79 Å². The van der Waals surface area contributed by atoms with Crippen LogP contribution in [0.25, 0.3) is 0 Å². The van der Waals surface area contributed by atoms with Crippen LogP contribution in [0.15, 0.2) is 0 Å². The Morgan fingerprint density at radius 2 is 1.09 bits per heavy atom. The van der Waals surface area contributed by atoms with E-state index in [4.69, 9.17) is 27.4 Å². The van der Waals surface area contributed by atoms with Crippen molar-refractivity contribution in [2.45, 2.75) is 63.7 Å². The lowest BCUT2D eigenvalue weighted by atomic mass is 10.0. The Morgan fingerprint density at radius 1 is 0.697 bits per heavy atom. The van der Waals surface area contributed by atoms with E-state index in [1.165, 1.54) is 0 Å². The second-order valence-corrected chi connectivity index (χ2v) is 7.70. The van der Waals surface area contributed by atoms with Gasteiger partial charge in [-0.1, -0.05) is 13.8 Å². The molecule has 15 heteroatoms. The summed E-state index contributed by atoms with van der Waals surface area (Å²) in [6, 6.07) is -6.17. The van der Waals surface area contributed by atoms with Crippen LogP contribution in [-0.4, -0.2) is 75.9 Å². The molecule has 5 amide bonds. The molecule has 0 bridgehead atoms. The molecular weight excluding hydrogens is 444 g/mol. The number of carboxylic acids is 2. The van der Waals surface area contributed by atoms with Gasteiger partial charge in [0.1, 0.15) is 18.1 Å². The van der Waals surface area contributed by atoms with Crippen molar-refractivity contribution in [3.8, 4) is 0 Å². The van der Waals surface area contributed by atoms with Crippen molar-refractivity contribution < 1.29 is 43.8 Å². The molecule has 186 valence electrons. The molecule has 0 aromatic carbocycles. The van der Waals surface area contributed by atoms with Gasteiger partial charge in [-0.2, -0.15) is 0 Å². The maximum absolute atomic E-state index is 12.6. The number of primary amides is 2. The highest BCUT2D eigenvalue weighted by molar-refractivity contribution is 5.97. The van der Waals surface area contributed by atoms with Crippen molar-refractivity contribution in [3.63, 3.8) is 0 Å². The quantitative estimate of drug-likeness (QED) is 0.114. The molecule has 0 aliphatic heterocycles. The van der Waals surface area contributed by atoms with E-state index in [1.807, 2.05) is 19.2 Å². The van der Waals surface area contributed by atoms with Crippen LogP contribution < -0.4 is 33.2 Å². The van der Waals surface area contributed by atoms with Crippen LogP contribution in [0.1, 0.15) is 39.5 Å². The van der Waals surface area contributed by atoms with Crippen molar-refractivity contribution in [3.05, 3.63) is 0 Å². The van der Waals surface area contributed by atoms with Gasteiger partial charge in [0.25, 0.3) is 0 Å². The number of nitrogens with two attached hydrogens (primary N) is 3. The molecule has 0 fully saturated rings. The minimum Gasteiger partial charge on any atom is -0.481 e. The average molecular weight is 474 g/mol. The largest absolute Gasteiger partial charge is 0.481 e. The van der Waals surface area contributed by atoms with Crippen LogP contribution in [0.3, 0.4) is 0 Å². The summed E-state index contributed by atoms with van der Waals surface area (Å²) < 4.78 is 0. The molecule has 0 saturated heterocycles. The number of hydrogen-bond donors (Lipinski definition) is 8. The molecule has 0 aliphatic carbocycles. The first-order valence-corrected chi connectivity index (χ1v) is 9.81. The minimum atomic E-state index is -1.86. The van der Waals surface area contributed by atoms with Gasteiger partial charge in [0.2, 0.25) is 29.5 Å². The Kier molecular flexibility index (Phi) is 12.1. The molecule has 0 spiro atoms. The van der Waals surface area contributed by atoms with E-state index in [0.717, 1.165) is 0 Å². The lowest BCUT2D eigenvalue weighted by molar-refractivity contribution is -0.147. The van der Waals surface area contributed by atoms with E-state index in [-0.39, 0.29) is 12.3 Å². The molecule has 0 saturated carbocycles. The number of amides is 5. The second-order valence-electron chi connectivity index (χ2n) is 7.70. The van der Waals surface area contributed by atoms with Gasteiger partial charge in [-0.3, -0.25) is 28.8 Å². The van der Waals surface area contributed by atoms with Gasteiger partial charge < -0.3 is 43.4 Å². The molecule has 0 rings (SSSR count). The monoisotopic (exact) mass is 474 g/mol. The first-order valence-electron chi connectivity index (χ1n) is 9.81. The number of hydrogen-bond acceptors (Lipinski definition) is 8. The van der Waals surface area contributed by atoms with E-state index >= 15 is 0 Å². The molecule has 4 unspecified atom stereocenters. The van der Waals surface area contributed by atoms with Crippen molar-refractivity contribution in [2.75, 3.05) is 0 Å². The van der Waals surface area contributed by atoms with Crippen LogP contribution in [0, 0.1) is 5.92 Å². The van der Waals surface area contributed by atoms with Crippen LogP contribution in [0.2, 0.25) is 0 Å². The van der Waals surface area contributed by atoms with Gasteiger partial charge in [-0.15, -0.1) is 0 Å². The SMILES string of the molecule is CC(C)CC(N)C(=O)NC(CC(N)=O)C(=O)NC(CC(N)=O)C(=O)NC(CC(=O)O)C(=O)O. The number of nitrogens with one attached hydrogen (secondary N) is 3. The molecule has 0 aromatic heterocycles. The number of rotatable bonds is 15. The molecule has 15 nitrogen and oxygen atoms in total. The Balaban J connectivity index is 5.56. The van der Waals surface area contributed by atoms with Gasteiger partial charge >= 0.3 is 11.9 Å².